The van der Waals surface area contributed by atoms with Gasteiger partial charge in [0.05, 0.1) is 18.5 Å². The van der Waals surface area contributed by atoms with Gasteiger partial charge in [-0.05, 0) is 55.3 Å². The van der Waals surface area contributed by atoms with Crippen molar-refractivity contribution in [2.75, 3.05) is 13.2 Å². The summed E-state index contributed by atoms with van der Waals surface area (Å²) in [5.74, 6) is 0.666. The van der Waals surface area contributed by atoms with Crippen LogP contribution in [0.3, 0.4) is 0 Å². The van der Waals surface area contributed by atoms with Crippen LogP contribution in [0.15, 0.2) is 73.2 Å². The minimum Gasteiger partial charge on any atom is -0.491 e. The summed E-state index contributed by atoms with van der Waals surface area (Å²) in [6.07, 6.45) is 6.21. The van der Waals surface area contributed by atoms with Crippen molar-refractivity contribution in [3.63, 3.8) is 0 Å². The van der Waals surface area contributed by atoms with Crippen LogP contribution in [0.4, 0.5) is 0 Å². The Bertz CT molecular complexity index is 1110. The second kappa shape index (κ2) is 8.56. The van der Waals surface area contributed by atoms with Crippen LogP contribution >= 0.6 is 0 Å². The molecule has 1 amide bonds. The number of hydrogen-bond donors (Lipinski definition) is 1. The number of aromatic nitrogens is 3. The highest BCUT2D eigenvalue weighted by molar-refractivity contribution is 5.94. The maximum Gasteiger partial charge on any atom is 0.251 e. The number of ether oxygens (including phenoxy) is 1. The lowest BCUT2D eigenvalue weighted by Gasteiger charge is -2.09. The van der Waals surface area contributed by atoms with Gasteiger partial charge >= 0.3 is 0 Å². The molecule has 0 spiro atoms. The Hall–Kier alpha value is -3.67. The van der Waals surface area contributed by atoms with Gasteiger partial charge in [-0.1, -0.05) is 18.2 Å². The molecule has 0 fully saturated rings. The standard InChI is InChI=1S/C23H22N4O2/c1-17-15-26-27(16-17)20-10-8-19(9-11-20)23(28)25-13-4-14-29-21-7-2-5-18-6-3-12-24-22(18)21/h2-3,5-12,15-16H,4,13-14H2,1H3,(H,25,28). The Morgan fingerprint density at radius 1 is 1.10 bits per heavy atom. The average molecular weight is 386 g/mol. The fraction of sp³-hybridized carbons (Fsp3) is 0.174. The molecule has 4 aromatic rings. The summed E-state index contributed by atoms with van der Waals surface area (Å²) in [5.41, 5.74) is 3.49. The van der Waals surface area contributed by atoms with E-state index in [9.17, 15) is 4.79 Å². The first-order chi connectivity index (χ1) is 14.2. The molecule has 6 heteroatoms. The van der Waals surface area contributed by atoms with Crippen LogP contribution in [0.1, 0.15) is 22.3 Å². The molecule has 0 saturated heterocycles. The summed E-state index contributed by atoms with van der Waals surface area (Å²) in [6.45, 7) is 3.04. The molecule has 0 bridgehead atoms. The third-order valence-corrected chi connectivity index (χ3v) is 4.57. The number of hydrogen-bond acceptors (Lipinski definition) is 4. The molecule has 1 N–H and O–H groups in total. The lowest BCUT2D eigenvalue weighted by Crippen LogP contribution is -2.25. The fourth-order valence-electron chi connectivity index (χ4n) is 3.07. The summed E-state index contributed by atoms with van der Waals surface area (Å²) in [7, 11) is 0. The summed E-state index contributed by atoms with van der Waals surface area (Å²) < 4.78 is 7.64. The largest absolute Gasteiger partial charge is 0.491 e. The summed E-state index contributed by atoms with van der Waals surface area (Å²) in [6, 6.07) is 17.2. The summed E-state index contributed by atoms with van der Waals surface area (Å²) in [5, 5.41) is 8.25. The Morgan fingerprint density at radius 2 is 1.93 bits per heavy atom. The smallest absolute Gasteiger partial charge is 0.251 e. The monoisotopic (exact) mass is 386 g/mol. The number of rotatable bonds is 7. The number of para-hydroxylation sites is 1. The first-order valence-corrected chi connectivity index (χ1v) is 9.57. The normalized spacial score (nSPS) is 10.8. The topological polar surface area (TPSA) is 69.0 Å². The molecule has 146 valence electrons. The fourth-order valence-corrected chi connectivity index (χ4v) is 3.07. The quantitative estimate of drug-likeness (QED) is 0.489. The van der Waals surface area contributed by atoms with Crippen LogP contribution < -0.4 is 10.1 Å². The second-order valence-corrected chi connectivity index (χ2v) is 6.80. The van der Waals surface area contributed by atoms with E-state index in [1.54, 1.807) is 29.2 Å². The molecule has 0 radical (unpaired) electrons. The molecule has 0 aliphatic rings. The number of benzene rings is 2. The van der Waals surface area contributed by atoms with E-state index in [0.29, 0.717) is 25.1 Å². The Kier molecular flexibility index (Phi) is 5.52. The van der Waals surface area contributed by atoms with Crippen molar-refractivity contribution in [1.29, 1.82) is 0 Å². The molecule has 2 aromatic heterocycles. The second-order valence-electron chi connectivity index (χ2n) is 6.80. The van der Waals surface area contributed by atoms with Crippen LogP contribution in [-0.2, 0) is 0 Å². The molecule has 0 aliphatic carbocycles. The summed E-state index contributed by atoms with van der Waals surface area (Å²) in [4.78, 5) is 16.7. The third kappa shape index (κ3) is 4.43. The van der Waals surface area contributed by atoms with Crippen molar-refractivity contribution in [3.8, 4) is 11.4 Å². The van der Waals surface area contributed by atoms with Crippen LogP contribution in [0.25, 0.3) is 16.6 Å². The van der Waals surface area contributed by atoms with Crippen molar-refractivity contribution >= 4 is 16.8 Å². The van der Waals surface area contributed by atoms with Gasteiger partial charge in [-0.15, -0.1) is 0 Å². The van der Waals surface area contributed by atoms with E-state index in [1.807, 2.05) is 55.6 Å². The van der Waals surface area contributed by atoms with Gasteiger partial charge in [0.1, 0.15) is 11.3 Å². The van der Waals surface area contributed by atoms with E-state index in [-0.39, 0.29) is 5.91 Å². The molecule has 2 heterocycles. The highest BCUT2D eigenvalue weighted by atomic mass is 16.5. The molecule has 0 saturated carbocycles. The predicted octanol–water partition coefficient (Wildman–Crippen LogP) is 3.93. The molecule has 0 unspecified atom stereocenters. The van der Waals surface area contributed by atoms with E-state index in [4.69, 9.17) is 4.74 Å². The molecule has 6 nitrogen and oxygen atoms in total. The molecule has 4 rings (SSSR count). The third-order valence-electron chi connectivity index (χ3n) is 4.57. The van der Waals surface area contributed by atoms with Crippen molar-refractivity contribution in [2.24, 2.45) is 0 Å². The Balaban J connectivity index is 1.26. The van der Waals surface area contributed by atoms with Crippen molar-refractivity contribution in [1.82, 2.24) is 20.1 Å². The Labute approximate surface area is 169 Å². The molecular weight excluding hydrogens is 364 g/mol. The maximum absolute atomic E-state index is 12.3. The van der Waals surface area contributed by atoms with Crippen LogP contribution in [0.5, 0.6) is 5.75 Å². The molecular formula is C23H22N4O2. The van der Waals surface area contributed by atoms with E-state index in [2.05, 4.69) is 15.4 Å². The van der Waals surface area contributed by atoms with Gasteiger partial charge in [-0.3, -0.25) is 9.78 Å². The first-order valence-electron chi connectivity index (χ1n) is 9.57. The minimum absolute atomic E-state index is 0.0972. The number of carbonyl (C=O) groups is 1. The number of pyridine rings is 1. The number of nitrogens with one attached hydrogen (secondary N) is 1. The van der Waals surface area contributed by atoms with Gasteiger partial charge in [-0.25, -0.2) is 4.68 Å². The zero-order chi connectivity index (χ0) is 20.1. The van der Waals surface area contributed by atoms with Crippen LogP contribution in [0, 0.1) is 6.92 Å². The van der Waals surface area contributed by atoms with Gasteiger partial charge in [-0.2, -0.15) is 5.10 Å². The molecule has 29 heavy (non-hydrogen) atoms. The van der Waals surface area contributed by atoms with E-state index < -0.39 is 0 Å². The zero-order valence-electron chi connectivity index (χ0n) is 16.2. The minimum atomic E-state index is -0.0972. The van der Waals surface area contributed by atoms with Crippen molar-refractivity contribution in [3.05, 3.63) is 84.3 Å². The van der Waals surface area contributed by atoms with Gasteiger partial charge in [0.2, 0.25) is 0 Å². The SMILES string of the molecule is Cc1cnn(-c2ccc(C(=O)NCCCOc3cccc4cccnc34)cc2)c1. The van der Waals surface area contributed by atoms with Crippen LogP contribution in [-0.4, -0.2) is 33.8 Å². The van der Waals surface area contributed by atoms with E-state index >= 15 is 0 Å². The van der Waals surface area contributed by atoms with Gasteiger partial charge < -0.3 is 10.1 Å². The first kappa shape index (κ1) is 18.7. The highest BCUT2D eigenvalue weighted by Gasteiger charge is 2.07. The van der Waals surface area contributed by atoms with Crippen molar-refractivity contribution < 1.29 is 9.53 Å². The summed E-state index contributed by atoms with van der Waals surface area (Å²) >= 11 is 0. The number of aryl methyl sites for hydroxylation is 1. The predicted molar refractivity (Wildman–Crippen MR) is 112 cm³/mol. The lowest BCUT2D eigenvalue weighted by atomic mass is 10.2. The zero-order valence-corrected chi connectivity index (χ0v) is 16.2. The van der Waals surface area contributed by atoms with E-state index in [0.717, 1.165) is 27.9 Å². The molecule has 0 atom stereocenters. The average Bonchev–Trinajstić information content (AvgIpc) is 3.20. The molecule has 0 aliphatic heterocycles. The lowest BCUT2D eigenvalue weighted by molar-refractivity contribution is 0.0951. The van der Waals surface area contributed by atoms with E-state index in [1.165, 1.54) is 0 Å². The Morgan fingerprint density at radius 3 is 2.72 bits per heavy atom. The maximum atomic E-state index is 12.3. The molecule has 2 aromatic carbocycles. The van der Waals surface area contributed by atoms with Gasteiger partial charge in [0.25, 0.3) is 5.91 Å². The number of amides is 1. The highest BCUT2D eigenvalue weighted by Crippen LogP contribution is 2.22. The van der Waals surface area contributed by atoms with Gasteiger partial charge in [0.15, 0.2) is 0 Å². The number of fused-ring (bicyclic) bond motifs is 1. The number of nitrogens with zero attached hydrogens (tertiary/aromatic N) is 3. The van der Waals surface area contributed by atoms with Crippen LogP contribution in [0.2, 0.25) is 0 Å². The number of carbonyl (C=O) groups excluding carboxylic acids is 1. The van der Waals surface area contributed by atoms with Gasteiger partial charge in [0, 0.05) is 29.9 Å². The van der Waals surface area contributed by atoms with Crippen molar-refractivity contribution in [2.45, 2.75) is 13.3 Å².